The van der Waals surface area contributed by atoms with E-state index in [0.29, 0.717) is 23.6 Å². The van der Waals surface area contributed by atoms with Gasteiger partial charge >= 0.3 is 0 Å². The Labute approximate surface area is 179 Å². The quantitative estimate of drug-likeness (QED) is 0.504. The summed E-state index contributed by atoms with van der Waals surface area (Å²) in [4.78, 5) is 6.72. The van der Waals surface area contributed by atoms with E-state index in [1.165, 1.54) is 0 Å². The van der Waals surface area contributed by atoms with Crippen LogP contribution in [0.2, 0.25) is 0 Å². The molecule has 3 aromatic rings. The van der Waals surface area contributed by atoms with Crippen molar-refractivity contribution in [3.8, 4) is 11.5 Å². The SMILES string of the molecule is CC1CC(C)CN(c2oc(-c3ccc(Br)cc3)nc2S(=O)(=O)c2ccccc2)C1. The van der Waals surface area contributed by atoms with Crippen molar-refractivity contribution >= 4 is 31.7 Å². The molecular formula is C22H23BrN2O3S. The fourth-order valence-corrected chi connectivity index (χ4v) is 5.54. The number of nitrogens with zero attached hydrogens (tertiary/aromatic N) is 2. The fourth-order valence-electron chi connectivity index (χ4n) is 3.93. The fraction of sp³-hybridized carbons (Fsp3) is 0.318. The van der Waals surface area contributed by atoms with Crippen LogP contribution in [0.15, 0.2) is 73.4 Å². The summed E-state index contributed by atoms with van der Waals surface area (Å²) in [5.41, 5.74) is 0.738. The Morgan fingerprint density at radius 3 is 2.24 bits per heavy atom. The Hall–Kier alpha value is -2.12. The van der Waals surface area contributed by atoms with Gasteiger partial charge in [0.1, 0.15) is 0 Å². The highest BCUT2D eigenvalue weighted by molar-refractivity contribution is 9.10. The summed E-state index contributed by atoms with van der Waals surface area (Å²) in [6.45, 7) is 5.85. The lowest BCUT2D eigenvalue weighted by Crippen LogP contribution is -2.39. The molecule has 1 aliphatic rings. The van der Waals surface area contributed by atoms with Crippen molar-refractivity contribution in [3.63, 3.8) is 0 Å². The van der Waals surface area contributed by atoms with Crippen molar-refractivity contribution in [2.75, 3.05) is 18.0 Å². The van der Waals surface area contributed by atoms with Crippen molar-refractivity contribution in [2.24, 2.45) is 11.8 Å². The molecule has 2 heterocycles. The highest BCUT2D eigenvalue weighted by Crippen LogP contribution is 2.37. The lowest BCUT2D eigenvalue weighted by atomic mass is 9.92. The second kappa shape index (κ2) is 7.95. The average molecular weight is 475 g/mol. The van der Waals surface area contributed by atoms with Gasteiger partial charge in [-0.05, 0) is 54.7 Å². The van der Waals surface area contributed by atoms with Crippen LogP contribution in [-0.2, 0) is 9.84 Å². The topological polar surface area (TPSA) is 63.4 Å². The third kappa shape index (κ3) is 4.12. The molecule has 0 bridgehead atoms. The summed E-state index contributed by atoms with van der Waals surface area (Å²) in [6, 6.07) is 15.9. The van der Waals surface area contributed by atoms with E-state index in [1.54, 1.807) is 30.3 Å². The maximum Gasteiger partial charge on any atom is 0.236 e. The molecular weight excluding hydrogens is 452 g/mol. The molecule has 152 valence electrons. The molecule has 0 saturated carbocycles. The van der Waals surface area contributed by atoms with Gasteiger partial charge in [0.25, 0.3) is 0 Å². The minimum Gasteiger partial charge on any atom is -0.419 e. The van der Waals surface area contributed by atoms with Crippen LogP contribution < -0.4 is 4.90 Å². The van der Waals surface area contributed by atoms with E-state index in [-0.39, 0.29) is 9.92 Å². The Morgan fingerprint density at radius 1 is 1.00 bits per heavy atom. The van der Waals surface area contributed by atoms with E-state index >= 15 is 0 Å². The summed E-state index contributed by atoms with van der Waals surface area (Å²) < 4.78 is 33.8. The predicted molar refractivity (Wildman–Crippen MR) is 117 cm³/mol. The minimum atomic E-state index is -3.81. The van der Waals surface area contributed by atoms with Crippen molar-refractivity contribution in [1.82, 2.24) is 4.98 Å². The number of anilines is 1. The average Bonchev–Trinajstić information content (AvgIpc) is 3.15. The number of sulfone groups is 1. The van der Waals surface area contributed by atoms with E-state index < -0.39 is 9.84 Å². The van der Waals surface area contributed by atoms with Gasteiger partial charge in [0.2, 0.25) is 26.6 Å². The number of oxazole rings is 1. The maximum atomic E-state index is 13.4. The molecule has 5 nitrogen and oxygen atoms in total. The van der Waals surface area contributed by atoms with Crippen molar-refractivity contribution in [2.45, 2.75) is 30.2 Å². The van der Waals surface area contributed by atoms with Gasteiger partial charge in [-0.3, -0.25) is 0 Å². The molecule has 7 heteroatoms. The smallest absolute Gasteiger partial charge is 0.236 e. The second-order valence-corrected chi connectivity index (χ2v) is 10.6. The van der Waals surface area contributed by atoms with Gasteiger partial charge in [-0.25, -0.2) is 8.42 Å². The number of rotatable bonds is 4. The zero-order valence-electron chi connectivity index (χ0n) is 16.4. The molecule has 0 spiro atoms. The van der Waals surface area contributed by atoms with Crippen molar-refractivity contribution in [1.29, 1.82) is 0 Å². The summed E-state index contributed by atoms with van der Waals surface area (Å²) in [6.07, 6.45) is 1.12. The third-order valence-corrected chi connectivity index (χ3v) is 7.33. The molecule has 1 saturated heterocycles. The predicted octanol–water partition coefficient (Wildman–Crippen LogP) is 5.42. The lowest BCUT2D eigenvalue weighted by molar-refractivity contribution is 0.342. The number of halogens is 1. The number of benzene rings is 2. The first-order chi connectivity index (χ1) is 13.8. The maximum absolute atomic E-state index is 13.4. The molecule has 1 aromatic heterocycles. The molecule has 2 unspecified atom stereocenters. The van der Waals surface area contributed by atoms with Gasteiger partial charge in [0.05, 0.1) is 4.90 Å². The molecule has 2 atom stereocenters. The Bertz CT molecular complexity index is 1080. The molecule has 0 amide bonds. The van der Waals surface area contributed by atoms with Crippen molar-refractivity contribution < 1.29 is 12.8 Å². The number of hydrogen-bond acceptors (Lipinski definition) is 5. The summed E-state index contributed by atoms with van der Waals surface area (Å²) in [5.74, 6) is 1.55. The van der Waals surface area contributed by atoms with Crippen LogP contribution in [-0.4, -0.2) is 26.5 Å². The van der Waals surface area contributed by atoms with E-state index in [9.17, 15) is 8.42 Å². The molecule has 0 aliphatic carbocycles. The van der Waals surface area contributed by atoms with E-state index in [2.05, 4.69) is 34.8 Å². The first-order valence-corrected chi connectivity index (χ1v) is 11.9. The zero-order chi connectivity index (χ0) is 20.6. The van der Waals surface area contributed by atoms with Crippen molar-refractivity contribution in [3.05, 3.63) is 59.1 Å². The normalized spacial score (nSPS) is 20.0. The molecule has 1 fully saturated rings. The highest BCUT2D eigenvalue weighted by Gasteiger charge is 2.34. The van der Waals surface area contributed by atoms with E-state index in [0.717, 1.165) is 29.5 Å². The molecule has 1 aliphatic heterocycles. The van der Waals surface area contributed by atoms with Gasteiger partial charge in [-0.2, -0.15) is 4.98 Å². The van der Waals surface area contributed by atoms with Crippen LogP contribution in [0.5, 0.6) is 0 Å². The van der Waals surface area contributed by atoms with Gasteiger partial charge in [-0.15, -0.1) is 0 Å². The monoisotopic (exact) mass is 474 g/mol. The number of piperidine rings is 1. The van der Waals surface area contributed by atoms with E-state index in [1.807, 2.05) is 29.2 Å². The summed E-state index contributed by atoms with van der Waals surface area (Å²) in [7, 11) is -3.81. The van der Waals surface area contributed by atoms with Crippen LogP contribution in [0.3, 0.4) is 0 Å². The Morgan fingerprint density at radius 2 is 1.62 bits per heavy atom. The van der Waals surface area contributed by atoms with Gasteiger partial charge in [0, 0.05) is 23.1 Å². The number of hydrogen-bond donors (Lipinski definition) is 0. The van der Waals surface area contributed by atoms with Crippen LogP contribution in [0.4, 0.5) is 5.88 Å². The first-order valence-electron chi connectivity index (χ1n) is 9.66. The number of aromatic nitrogens is 1. The highest BCUT2D eigenvalue weighted by atomic mass is 79.9. The van der Waals surface area contributed by atoms with Crippen LogP contribution in [0.25, 0.3) is 11.5 Å². The van der Waals surface area contributed by atoms with Gasteiger partial charge < -0.3 is 9.32 Å². The lowest BCUT2D eigenvalue weighted by Gasteiger charge is -2.34. The van der Waals surface area contributed by atoms with Gasteiger partial charge in [0.15, 0.2) is 0 Å². The standard InChI is InChI=1S/C22H23BrN2O3S/c1-15-12-16(2)14-25(13-15)22-21(29(26,27)19-6-4-3-5-7-19)24-20(28-22)17-8-10-18(23)11-9-17/h3-11,15-16H,12-14H2,1-2H3. The minimum absolute atomic E-state index is 0.0112. The largest absolute Gasteiger partial charge is 0.419 e. The van der Waals surface area contributed by atoms with Crippen LogP contribution >= 0.6 is 15.9 Å². The zero-order valence-corrected chi connectivity index (χ0v) is 18.8. The Kier molecular flexibility index (Phi) is 5.53. The molecule has 0 N–H and O–H groups in total. The molecule has 29 heavy (non-hydrogen) atoms. The summed E-state index contributed by atoms with van der Waals surface area (Å²) >= 11 is 3.42. The first kappa shape index (κ1) is 20.2. The third-order valence-electron chi connectivity index (χ3n) is 5.13. The van der Waals surface area contributed by atoms with Crippen LogP contribution in [0, 0.1) is 11.8 Å². The Balaban J connectivity index is 1.85. The molecule has 4 rings (SSSR count). The summed E-state index contributed by atoms with van der Waals surface area (Å²) in [5, 5.41) is -0.0112. The molecule has 2 aromatic carbocycles. The van der Waals surface area contributed by atoms with E-state index in [4.69, 9.17) is 4.42 Å². The van der Waals surface area contributed by atoms with Crippen LogP contribution in [0.1, 0.15) is 20.3 Å². The second-order valence-electron chi connectivity index (χ2n) is 7.80. The molecule has 0 radical (unpaired) electrons. The van der Waals surface area contributed by atoms with Gasteiger partial charge in [-0.1, -0.05) is 48.0 Å².